The van der Waals surface area contributed by atoms with Crippen LogP contribution in [0.25, 0.3) is 0 Å². The fourth-order valence-electron chi connectivity index (χ4n) is 3.06. The summed E-state index contributed by atoms with van der Waals surface area (Å²) in [5.74, 6) is -0.997. The summed E-state index contributed by atoms with van der Waals surface area (Å²) in [6.07, 6.45) is 3.53. The third-order valence-electron chi connectivity index (χ3n) is 4.56. The van der Waals surface area contributed by atoms with Crippen LogP contribution in [0.15, 0.2) is 12.1 Å². The Morgan fingerprint density at radius 1 is 1.11 bits per heavy atom. The van der Waals surface area contributed by atoms with Crippen molar-refractivity contribution < 1.29 is 8.78 Å². The molecule has 1 saturated carbocycles. The van der Waals surface area contributed by atoms with Gasteiger partial charge in [-0.25, -0.2) is 8.78 Å². The van der Waals surface area contributed by atoms with Gasteiger partial charge in [-0.1, -0.05) is 32.8 Å². The van der Waals surface area contributed by atoms with Crippen LogP contribution < -0.4 is 5.73 Å². The van der Waals surface area contributed by atoms with Crippen molar-refractivity contribution in [2.75, 3.05) is 0 Å². The molecule has 1 aliphatic carbocycles. The summed E-state index contributed by atoms with van der Waals surface area (Å²) in [6.45, 7) is 5.66. The van der Waals surface area contributed by atoms with Crippen molar-refractivity contribution in [3.05, 3.63) is 34.9 Å². The van der Waals surface area contributed by atoms with E-state index < -0.39 is 17.2 Å². The SMILES string of the molecule is Cc1ccc(F)c(C2(N)CCCCC2(C)C)c1F. The molecule has 100 valence electrons. The van der Waals surface area contributed by atoms with Gasteiger partial charge in [0.25, 0.3) is 0 Å². The van der Waals surface area contributed by atoms with Gasteiger partial charge in [-0.2, -0.15) is 0 Å². The molecule has 0 saturated heterocycles. The van der Waals surface area contributed by atoms with E-state index in [1.807, 2.05) is 13.8 Å². The molecule has 0 spiro atoms. The summed E-state index contributed by atoms with van der Waals surface area (Å²) in [4.78, 5) is 0. The minimum absolute atomic E-state index is 0.0761. The third kappa shape index (κ3) is 1.85. The largest absolute Gasteiger partial charge is 0.321 e. The van der Waals surface area contributed by atoms with Crippen molar-refractivity contribution in [3.8, 4) is 0 Å². The van der Waals surface area contributed by atoms with E-state index in [0.29, 0.717) is 12.0 Å². The van der Waals surface area contributed by atoms with Gasteiger partial charge in [0.1, 0.15) is 11.6 Å². The van der Waals surface area contributed by atoms with Crippen LogP contribution in [0, 0.1) is 24.0 Å². The van der Waals surface area contributed by atoms with Crippen LogP contribution >= 0.6 is 0 Å². The number of nitrogens with two attached hydrogens (primary N) is 1. The normalized spacial score (nSPS) is 27.2. The molecule has 18 heavy (non-hydrogen) atoms. The Morgan fingerprint density at radius 2 is 1.72 bits per heavy atom. The molecule has 2 N–H and O–H groups in total. The zero-order valence-electron chi connectivity index (χ0n) is 11.3. The van der Waals surface area contributed by atoms with Crippen LogP contribution in [0.3, 0.4) is 0 Å². The minimum Gasteiger partial charge on any atom is -0.321 e. The third-order valence-corrected chi connectivity index (χ3v) is 4.56. The van der Waals surface area contributed by atoms with Crippen molar-refractivity contribution in [1.82, 2.24) is 0 Å². The molecule has 0 bridgehead atoms. The molecule has 1 atom stereocenters. The van der Waals surface area contributed by atoms with Gasteiger partial charge in [0.05, 0.1) is 5.54 Å². The van der Waals surface area contributed by atoms with Crippen LogP contribution in [-0.4, -0.2) is 0 Å². The van der Waals surface area contributed by atoms with Gasteiger partial charge in [-0.15, -0.1) is 0 Å². The molecule has 0 aliphatic heterocycles. The van der Waals surface area contributed by atoms with E-state index in [-0.39, 0.29) is 11.0 Å². The molecule has 0 amide bonds. The highest BCUT2D eigenvalue weighted by Gasteiger charge is 2.47. The number of aryl methyl sites for hydroxylation is 1. The van der Waals surface area contributed by atoms with Crippen LogP contribution in [-0.2, 0) is 5.54 Å². The molecule has 0 heterocycles. The second kappa shape index (κ2) is 4.30. The molecule has 3 heteroatoms. The monoisotopic (exact) mass is 253 g/mol. The Morgan fingerprint density at radius 3 is 2.33 bits per heavy atom. The first-order chi connectivity index (χ1) is 8.29. The Balaban J connectivity index is 2.63. The molecule has 2 rings (SSSR count). The van der Waals surface area contributed by atoms with Gasteiger partial charge in [-0.3, -0.25) is 0 Å². The summed E-state index contributed by atoms with van der Waals surface area (Å²) in [5, 5.41) is 0. The van der Waals surface area contributed by atoms with E-state index in [9.17, 15) is 8.78 Å². The first-order valence-electron chi connectivity index (χ1n) is 6.53. The number of hydrogen-bond acceptors (Lipinski definition) is 1. The van der Waals surface area contributed by atoms with Crippen molar-refractivity contribution in [3.63, 3.8) is 0 Å². The molecular formula is C15H21F2N. The molecule has 1 nitrogen and oxygen atoms in total. The molecule has 1 aliphatic rings. The van der Waals surface area contributed by atoms with E-state index in [2.05, 4.69) is 0 Å². The number of rotatable bonds is 1. The summed E-state index contributed by atoms with van der Waals surface area (Å²) < 4.78 is 28.4. The summed E-state index contributed by atoms with van der Waals surface area (Å²) in [7, 11) is 0. The molecule has 0 radical (unpaired) electrons. The first-order valence-corrected chi connectivity index (χ1v) is 6.53. The number of halogens is 2. The molecule has 0 aromatic heterocycles. The quantitative estimate of drug-likeness (QED) is 0.803. The lowest BCUT2D eigenvalue weighted by atomic mass is 9.60. The molecule has 1 fully saturated rings. The lowest BCUT2D eigenvalue weighted by molar-refractivity contribution is 0.0903. The Bertz CT molecular complexity index is 468. The summed E-state index contributed by atoms with van der Waals surface area (Å²) in [5.41, 5.74) is 5.78. The predicted molar refractivity (Wildman–Crippen MR) is 69.2 cm³/mol. The summed E-state index contributed by atoms with van der Waals surface area (Å²) >= 11 is 0. The highest BCUT2D eigenvalue weighted by atomic mass is 19.1. The fourth-order valence-corrected chi connectivity index (χ4v) is 3.06. The van der Waals surface area contributed by atoms with Crippen LogP contribution in [0.2, 0.25) is 0 Å². The maximum atomic E-state index is 14.3. The highest BCUT2D eigenvalue weighted by molar-refractivity contribution is 5.34. The second-order valence-corrected chi connectivity index (χ2v) is 6.12. The molecule has 1 aromatic rings. The molecular weight excluding hydrogens is 232 g/mol. The second-order valence-electron chi connectivity index (χ2n) is 6.12. The minimum atomic E-state index is -0.911. The van der Waals surface area contributed by atoms with E-state index in [4.69, 9.17) is 5.73 Å². The van der Waals surface area contributed by atoms with E-state index >= 15 is 0 Å². The Kier molecular flexibility index (Phi) is 3.22. The first kappa shape index (κ1) is 13.5. The number of hydrogen-bond donors (Lipinski definition) is 1. The molecule has 1 unspecified atom stereocenters. The van der Waals surface area contributed by atoms with Crippen molar-refractivity contribution in [1.29, 1.82) is 0 Å². The smallest absolute Gasteiger partial charge is 0.134 e. The van der Waals surface area contributed by atoms with E-state index in [1.165, 1.54) is 12.1 Å². The van der Waals surface area contributed by atoms with Gasteiger partial charge in [-0.05, 0) is 36.8 Å². The van der Waals surface area contributed by atoms with Crippen molar-refractivity contribution >= 4 is 0 Å². The fraction of sp³-hybridized carbons (Fsp3) is 0.600. The van der Waals surface area contributed by atoms with Gasteiger partial charge in [0, 0.05) is 5.56 Å². The van der Waals surface area contributed by atoms with Gasteiger partial charge < -0.3 is 5.73 Å². The lowest BCUT2D eigenvalue weighted by Crippen LogP contribution is -2.53. The van der Waals surface area contributed by atoms with Crippen molar-refractivity contribution in [2.45, 2.75) is 52.0 Å². The van der Waals surface area contributed by atoms with Crippen LogP contribution in [0.5, 0.6) is 0 Å². The number of benzene rings is 1. The molecule has 1 aromatic carbocycles. The topological polar surface area (TPSA) is 26.0 Å². The van der Waals surface area contributed by atoms with E-state index in [0.717, 1.165) is 19.3 Å². The van der Waals surface area contributed by atoms with Crippen molar-refractivity contribution in [2.24, 2.45) is 11.1 Å². The standard InChI is InChI=1S/C15H21F2N/c1-10-6-7-11(16)12(13(10)17)15(18)9-5-4-8-14(15,2)3/h6-7H,4-5,8-9,18H2,1-3H3. The van der Waals surface area contributed by atoms with Gasteiger partial charge >= 0.3 is 0 Å². The highest BCUT2D eigenvalue weighted by Crippen LogP contribution is 2.49. The maximum Gasteiger partial charge on any atom is 0.134 e. The predicted octanol–water partition coefficient (Wildman–Crippen LogP) is 4.03. The Hall–Kier alpha value is -0.960. The van der Waals surface area contributed by atoms with Crippen LogP contribution in [0.4, 0.5) is 8.78 Å². The van der Waals surface area contributed by atoms with Gasteiger partial charge in [0.2, 0.25) is 0 Å². The average molecular weight is 253 g/mol. The average Bonchev–Trinajstić information content (AvgIpc) is 2.28. The Labute approximate surface area is 107 Å². The van der Waals surface area contributed by atoms with Gasteiger partial charge in [0.15, 0.2) is 0 Å². The maximum absolute atomic E-state index is 14.3. The summed E-state index contributed by atoms with van der Waals surface area (Å²) in [6, 6.07) is 2.79. The van der Waals surface area contributed by atoms with Crippen LogP contribution in [0.1, 0.15) is 50.7 Å². The zero-order chi connectivity index (χ0) is 13.6. The zero-order valence-corrected chi connectivity index (χ0v) is 11.3. The lowest BCUT2D eigenvalue weighted by Gasteiger charge is -2.48. The van der Waals surface area contributed by atoms with E-state index in [1.54, 1.807) is 6.92 Å².